The molecular weight excluding hydrogens is 591 g/mol. The van der Waals surface area contributed by atoms with E-state index in [1.54, 1.807) is 23.5 Å². The molecule has 0 fully saturated rings. The number of aromatic nitrogens is 1. The fourth-order valence-corrected chi connectivity index (χ4v) is 8.48. The lowest BCUT2D eigenvalue weighted by Gasteiger charge is -2.42. The maximum absolute atomic E-state index is 15.4. The van der Waals surface area contributed by atoms with Crippen LogP contribution in [0.15, 0.2) is 94.9 Å². The summed E-state index contributed by atoms with van der Waals surface area (Å²) in [5.74, 6) is 0. The molecule has 1 N–H and O–H groups in total. The highest BCUT2D eigenvalue weighted by atomic mass is 32.2. The molecular formula is C39H42N3OS2+. The smallest absolute Gasteiger partial charge is 0.271 e. The minimum atomic E-state index is 0.0246. The van der Waals surface area contributed by atoms with Crippen LogP contribution in [-0.2, 0) is 25.9 Å². The van der Waals surface area contributed by atoms with Gasteiger partial charge in [-0.1, -0.05) is 78.4 Å². The summed E-state index contributed by atoms with van der Waals surface area (Å²) in [7, 11) is 0. The number of fused-ring (bicyclic) bond motifs is 2. The Kier molecular flexibility index (Phi) is 9.10. The number of carbonyl (C=O) groups excluding carboxylic acids is 1. The number of anilines is 1. The third kappa shape index (κ3) is 6.29. The molecule has 45 heavy (non-hydrogen) atoms. The number of aryl methyl sites for hydroxylation is 4. The first-order valence-electron chi connectivity index (χ1n) is 15.6. The van der Waals surface area contributed by atoms with Gasteiger partial charge in [0.15, 0.2) is 0 Å². The van der Waals surface area contributed by atoms with E-state index < -0.39 is 0 Å². The van der Waals surface area contributed by atoms with Crippen LogP contribution in [0.3, 0.4) is 0 Å². The number of thioether (sulfide) groups is 2. The van der Waals surface area contributed by atoms with Crippen molar-refractivity contribution in [3.8, 4) is 0 Å². The SMILES string of the molecule is CSc1cc(C)nc(SC)c1NC(=O)[N+](Cc1ccc2ccccc2c1)(Cc1c(C)cc(C)cc1C)C1Cc2ccccc2C1. The first kappa shape index (κ1) is 31.4. The summed E-state index contributed by atoms with van der Waals surface area (Å²) < 4.78 is 0.271. The Hall–Kier alpha value is -3.58. The first-order valence-corrected chi connectivity index (χ1v) is 18.0. The van der Waals surface area contributed by atoms with Crippen molar-refractivity contribution in [3.05, 3.63) is 130 Å². The number of pyridine rings is 1. The average Bonchev–Trinajstić information content (AvgIpc) is 3.47. The summed E-state index contributed by atoms with van der Waals surface area (Å²) in [6.45, 7) is 9.76. The zero-order valence-electron chi connectivity index (χ0n) is 27.1. The average molecular weight is 633 g/mol. The molecule has 2 amide bonds. The predicted octanol–water partition coefficient (Wildman–Crippen LogP) is 9.83. The van der Waals surface area contributed by atoms with E-state index in [0.717, 1.165) is 34.1 Å². The van der Waals surface area contributed by atoms with Crippen molar-refractivity contribution >= 4 is 46.0 Å². The Bertz CT molecular complexity index is 1830. The molecule has 4 aromatic carbocycles. The molecule has 6 heteroatoms. The van der Waals surface area contributed by atoms with E-state index in [1.807, 2.05) is 13.2 Å². The summed E-state index contributed by atoms with van der Waals surface area (Å²) in [4.78, 5) is 21.2. The van der Waals surface area contributed by atoms with Gasteiger partial charge in [-0.05, 0) is 85.4 Å². The van der Waals surface area contributed by atoms with E-state index in [9.17, 15) is 0 Å². The second-order valence-corrected chi connectivity index (χ2v) is 14.2. The largest absolute Gasteiger partial charge is 0.421 e. The third-order valence-electron chi connectivity index (χ3n) is 9.42. The Morgan fingerprint density at radius 1 is 0.800 bits per heavy atom. The molecule has 4 nitrogen and oxygen atoms in total. The predicted molar refractivity (Wildman–Crippen MR) is 191 cm³/mol. The van der Waals surface area contributed by atoms with Crippen LogP contribution in [0.4, 0.5) is 10.5 Å². The number of hydrogen-bond donors (Lipinski definition) is 1. The number of nitrogens with zero attached hydrogens (tertiary/aromatic N) is 2. The zero-order chi connectivity index (χ0) is 31.7. The van der Waals surface area contributed by atoms with Gasteiger partial charge >= 0.3 is 6.03 Å². The second kappa shape index (κ2) is 13.0. The van der Waals surface area contributed by atoms with Crippen LogP contribution in [0, 0.1) is 27.7 Å². The number of rotatable bonds is 8. The van der Waals surface area contributed by atoms with Crippen molar-refractivity contribution in [3.63, 3.8) is 0 Å². The van der Waals surface area contributed by atoms with Crippen molar-refractivity contribution in [2.24, 2.45) is 0 Å². The Balaban J connectivity index is 1.54. The highest BCUT2D eigenvalue weighted by molar-refractivity contribution is 7.99. The van der Waals surface area contributed by atoms with E-state index in [0.29, 0.717) is 13.1 Å². The van der Waals surface area contributed by atoms with Crippen molar-refractivity contribution in [2.45, 2.75) is 69.6 Å². The lowest BCUT2D eigenvalue weighted by molar-refractivity contribution is -0.899. The molecule has 0 aliphatic heterocycles. The van der Waals surface area contributed by atoms with Gasteiger partial charge in [0.25, 0.3) is 0 Å². The van der Waals surface area contributed by atoms with Crippen LogP contribution >= 0.6 is 23.5 Å². The summed E-state index contributed by atoms with van der Waals surface area (Å²) in [5.41, 5.74) is 10.6. The number of benzene rings is 4. The monoisotopic (exact) mass is 632 g/mol. The number of amides is 2. The minimum absolute atomic E-state index is 0.0246. The molecule has 1 aliphatic carbocycles. The Morgan fingerprint density at radius 3 is 2.09 bits per heavy atom. The fourth-order valence-electron chi connectivity index (χ4n) is 7.17. The van der Waals surface area contributed by atoms with Crippen LogP contribution in [0.25, 0.3) is 10.8 Å². The van der Waals surface area contributed by atoms with Crippen molar-refractivity contribution in [2.75, 3.05) is 17.8 Å². The van der Waals surface area contributed by atoms with Gasteiger partial charge in [-0.2, -0.15) is 0 Å². The van der Waals surface area contributed by atoms with Crippen molar-refractivity contribution in [1.82, 2.24) is 4.98 Å². The molecule has 1 atom stereocenters. The molecule has 5 aromatic rings. The molecule has 1 aromatic heterocycles. The molecule has 0 bridgehead atoms. The van der Waals surface area contributed by atoms with Crippen molar-refractivity contribution in [1.29, 1.82) is 0 Å². The number of carbonyl (C=O) groups is 1. The molecule has 0 saturated heterocycles. The van der Waals surface area contributed by atoms with E-state index >= 15 is 4.79 Å². The molecule has 0 saturated carbocycles. The second-order valence-electron chi connectivity index (χ2n) is 12.5. The van der Waals surface area contributed by atoms with Crippen LogP contribution < -0.4 is 5.32 Å². The van der Waals surface area contributed by atoms with E-state index in [2.05, 4.69) is 117 Å². The highest BCUT2D eigenvalue weighted by Crippen LogP contribution is 2.39. The van der Waals surface area contributed by atoms with Gasteiger partial charge < -0.3 is 0 Å². The summed E-state index contributed by atoms with van der Waals surface area (Å²) >= 11 is 3.24. The standard InChI is InChI=1S/C39H41N3OS2/c1-25-17-26(2)35(27(3)18-25)24-42(34-21-32-13-9-10-14-33(32)22-34,23-29-15-16-30-11-7-8-12-31(30)20-29)39(43)41-37-36(44-5)19-28(4)40-38(37)45-6/h7-20,34H,21-24H2,1-6H3/p+1. The molecule has 1 aliphatic rings. The maximum atomic E-state index is 15.4. The lowest BCUT2D eigenvalue weighted by atomic mass is 9.96. The van der Waals surface area contributed by atoms with Crippen LogP contribution in [0.2, 0.25) is 0 Å². The van der Waals surface area contributed by atoms with Crippen LogP contribution in [0.5, 0.6) is 0 Å². The highest BCUT2D eigenvalue weighted by Gasteiger charge is 2.48. The molecule has 1 unspecified atom stereocenters. The maximum Gasteiger partial charge on any atom is 0.421 e. The van der Waals surface area contributed by atoms with Crippen LogP contribution in [0.1, 0.15) is 44.6 Å². The normalized spacial score (nSPS) is 14.4. The van der Waals surface area contributed by atoms with Gasteiger partial charge in [-0.3, -0.25) is 5.32 Å². The van der Waals surface area contributed by atoms with E-state index in [-0.39, 0.29) is 16.6 Å². The van der Waals surface area contributed by atoms with Gasteiger partial charge in [0.1, 0.15) is 24.2 Å². The van der Waals surface area contributed by atoms with Crippen LogP contribution in [-0.4, -0.2) is 34.1 Å². The Morgan fingerprint density at radius 2 is 1.44 bits per heavy atom. The van der Waals surface area contributed by atoms with Gasteiger partial charge in [0.05, 0.1) is 5.69 Å². The summed E-state index contributed by atoms with van der Waals surface area (Å²) in [6.07, 6.45) is 5.82. The number of hydrogen-bond acceptors (Lipinski definition) is 4. The molecule has 6 rings (SSSR count). The van der Waals surface area contributed by atoms with E-state index in [4.69, 9.17) is 4.98 Å². The van der Waals surface area contributed by atoms with Crippen molar-refractivity contribution < 1.29 is 9.28 Å². The molecule has 0 radical (unpaired) electrons. The zero-order valence-corrected chi connectivity index (χ0v) is 28.7. The number of urea groups is 1. The quantitative estimate of drug-likeness (QED) is 0.137. The minimum Gasteiger partial charge on any atom is -0.271 e. The Labute approximate surface area is 276 Å². The molecule has 230 valence electrons. The van der Waals surface area contributed by atoms with E-state index in [1.165, 1.54) is 49.7 Å². The number of quaternary nitrogens is 1. The molecule has 1 heterocycles. The van der Waals surface area contributed by atoms with Gasteiger partial charge in [0.2, 0.25) is 0 Å². The summed E-state index contributed by atoms with van der Waals surface area (Å²) in [6, 6.07) is 30.6. The van der Waals surface area contributed by atoms with Gasteiger partial charge in [-0.15, -0.1) is 23.5 Å². The molecule has 0 spiro atoms. The van der Waals surface area contributed by atoms with Gasteiger partial charge in [0, 0.05) is 34.6 Å². The van der Waals surface area contributed by atoms with Gasteiger partial charge in [-0.25, -0.2) is 14.3 Å². The fraction of sp³-hybridized carbons (Fsp3) is 0.282. The topological polar surface area (TPSA) is 42.0 Å². The lowest BCUT2D eigenvalue weighted by Crippen LogP contribution is -2.60. The summed E-state index contributed by atoms with van der Waals surface area (Å²) in [5, 5.41) is 6.77. The first-order chi connectivity index (χ1) is 21.7. The number of nitrogens with one attached hydrogen (secondary N) is 1. The third-order valence-corrected chi connectivity index (χ3v) is 10.9.